The summed E-state index contributed by atoms with van der Waals surface area (Å²) in [5, 5.41) is 2.75. The summed E-state index contributed by atoms with van der Waals surface area (Å²) in [4.78, 5) is 21.3. The van der Waals surface area contributed by atoms with Crippen LogP contribution in [0.15, 0.2) is 0 Å². The van der Waals surface area contributed by atoms with Crippen molar-refractivity contribution in [2.75, 3.05) is 13.2 Å². The van der Waals surface area contributed by atoms with Crippen molar-refractivity contribution < 1.29 is 14.3 Å². The van der Waals surface area contributed by atoms with Gasteiger partial charge in [0.05, 0.1) is 6.61 Å². The number of carbonyl (C=O) groups excluding carboxylic acids is 2. The summed E-state index contributed by atoms with van der Waals surface area (Å²) in [6, 6.07) is 0. The van der Waals surface area contributed by atoms with Crippen LogP contribution in [0, 0.1) is 0 Å². The van der Waals surface area contributed by atoms with E-state index < -0.39 is 17.8 Å². The number of ether oxygens (including phenoxy) is 1. The predicted octanol–water partition coefficient (Wildman–Crippen LogP) is -0.910. The Morgan fingerprint density at radius 2 is 2.30 bits per heavy atom. The Morgan fingerprint density at radius 3 is 2.70 bits per heavy atom. The molecule has 1 rings (SSSR count). The second-order valence-electron chi connectivity index (χ2n) is 2.13. The molecule has 1 atom stereocenters. The van der Waals surface area contributed by atoms with Gasteiger partial charge in [-0.3, -0.25) is 14.9 Å². The maximum absolute atomic E-state index is 10.8. The molecule has 1 aliphatic rings. The van der Waals surface area contributed by atoms with E-state index in [1.165, 1.54) is 6.92 Å². The first kappa shape index (κ1) is 7.37. The van der Waals surface area contributed by atoms with E-state index in [1.807, 2.05) is 0 Å². The smallest absolute Gasteiger partial charge is 0.241 e. The number of nitrogens with one attached hydrogen (secondary N) is 1. The topological polar surface area (TPSA) is 55.4 Å². The van der Waals surface area contributed by atoms with Crippen molar-refractivity contribution in [2.45, 2.75) is 13.2 Å². The summed E-state index contributed by atoms with van der Waals surface area (Å²) in [7, 11) is 0. The second-order valence-corrected chi connectivity index (χ2v) is 2.13. The Labute approximate surface area is 58.5 Å². The summed E-state index contributed by atoms with van der Waals surface area (Å²) >= 11 is 0. The average molecular weight is 143 g/mol. The average Bonchev–Trinajstić information content (AvgIpc) is 2.36. The van der Waals surface area contributed by atoms with Crippen molar-refractivity contribution in [1.29, 1.82) is 0 Å². The number of hydrogen-bond acceptors (Lipinski definition) is 4. The van der Waals surface area contributed by atoms with Gasteiger partial charge >= 0.3 is 0 Å². The van der Waals surface area contributed by atoms with Crippen molar-refractivity contribution in [3.05, 3.63) is 0 Å². The molecule has 0 amide bonds. The van der Waals surface area contributed by atoms with E-state index in [1.54, 1.807) is 0 Å². The molecule has 1 heterocycles. The van der Waals surface area contributed by atoms with Crippen LogP contribution in [0.1, 0.15) is 6.92 Å². The van der Waals surface area contributed by atoms with Crippen LogP contribution >= 0.6 is 0 Å². The van der Waals surface area contributed by atoms with Gasteiger partial charge in [-0.15, -0.1) is 0 Å². The fourth-order valence-corrected chi connectivity index (χ4v) is 0.779. The molecule has 1 fully saturated rings. The lowest BCUT2D eigenvalue weighted by atomic mass is 10.2. The minimum atomic E-state index is -0.683. The van der Waals surface area contributed by atoms with Crippen molar-refractivity contribution >= 4 is 11.6 Å². The van der Waals surface area contributed by atoms with Gasteiger partial charge in [-0.2, -0.15) is 0 Å². The largest absolute Gasteiger partial charge is 0.354 e. The molecule has 0 aliphatic carbocycles. The molecule has 4 heteroatoms. The molecule has 4 nitrogen and oxygen atoms in total. The Balaban J connectivity index is 2.48. The van der Waals surface area contributed by atoms with Gasteiger partial charge in [-0.05, 0) is 0 Å². The number of rotatable bonds is 2. The third-order valence-electron chi connectivity index (χ3n) is 1.30. The van der Waals surface area contributed by atoms with Gasteiger partial charge in [-0.25, -0.2) is 0 Å². The van der Waals surface area contributed by atoms with Crippen LogP contribution in [0.2, 0.25) is 0 Å². The van der Waals surface area contributed by atoms with Crippen molar-refractivity contribution in [3.63, 3.8) is 0 Å². The summed E-state index contributed by atoms with van der Waals surface area (Å²) in [5.41, 5.74) is 0. The standard InChI is InChI=1S/C6H9NO3/c1-4(8)5(9)6-7-2-3-10-6/h6-7H,2-3H2,1H3. The molecule has 1 aliphatic heterocycles. The Morgan fingerprint density at radius 1 is 1.60 bits per heavy atom. The number of hydrogen-bond donors (Lipinski definition) is 1. The molecule has 0 bridgehead atoms. The Hall–Kier alpha value is -0.740. The van der Waals surface area contributed by atoms with Crippen molar-refractivity contribution in [3.8, 4) is 0 Å². The monoisotopic (exact) mass is 143 g/mol. The quantitative estimate of drug-likeness (QED) is 0.508. The summed E-state index contributed by atoms with van der Waals surface area (Å²) in [6.45, 7) is 2.39. The minimum absolute atomic E-state index is 0.459. The van der Waals surface area contributed by atoms with Gasteiger partial charge in [0.15, 0.2) is 12.0 Å². The lowest BCUT2D eigenvalue weighted by Crippen LogP contribution is -2.35. The number of Topliss-reactive ketones (excluding diaryl/α,β-unsaturated/α-hetero) is 2. The SMILES string of the molecule is CC(=O)C(=O)C1NCCO1. The van der Waals surface area contributed by atoms with Gasteiger partial charge < -0.3 is 4.74 Å². The molecular formula is C6H9NO3. The molecule has 0 aromatic heterocycles. The minimum Gasteiger partial charge on any atom is -0.354 e. The molecule has 10 heavy (non-hydrogen) atoms. The van der Waals surface area contributed by atoms with E-state index >= 15 is 0 Å². The van der Waals surface area contributed by atoms with E-state index in [-0.39, 0.29) is 0 Å². The summed E-state index contributed by atoms with van der Waals surface area (Å²) < 4.78 is 4.89. The fourth-order valence-electron chi connectivity index (χ4n) is 0.779. The van der Waals surface area contributed by atoms with Crippen molar-refractivity contribution in [2.24, 2.45) is 0 Å². The number of carbonyl (C=O) groups is 2. The van der Waals surface area contributed by atoms with Crippen LogP contribution in [0.25, 0.3) is 0 Å². The summed E-state index contributed by atoms with van der Waals surface area (Å²) in [5.74, 6) is -0.947. The van der Waals surface area contributed by atoms with Crippen LogP contribution in [0.5, 0.6) is 0 Å². The third kappa shape index (κ3) is 1.40. The zero-order chi connectivity index (χ0) is 7.56. The fraction of sp³-hybridized carbons (Fsp3) is 0.667. The molecule has 1 unspecified atom stereocenters. The zero-order valence-corrected chi connectivity index (χ0v) is 5.72. The molecule has 1 N–H and O–H groups in total. The maximum Gasteiger partial charge on any atom is 0.241 e. The molecule has 1 saturated heterocycles. The predicted molar refractivity (Wildman–Crippen MR) is 33.4 cm³/mol. The maximum atomic E-state index is 10.8. The first-order valence-electron chi connectivity index (χ1n) is 3.11. The molecular weight excluding hydrogens is 134 g/mol. The Bertz CT molecular complexity index is 160. The van der Waals surface area contributed by atoms with Crippen molar-refractivity contribution in [1.82, 2.24) is 5.32 Å². The number of ketones is 2. The molecule has 0 aromatic carbocycles. The molecule has 0 radical (unpaired) electrons. The highest BCUT2D eigenvalue weighted by atomic mass is 16.5. The van der Waals surface area contributed by atoms with Gasteiger partial charge in [0, 0.05) is 13.5 Å². The molecule has 56 valence electrons. The lowest BCUT2D eigenvalue weighted by molar-refractivity contribution is -0.141. The Kier molecular flexibility index (Phi) is 2.13. The van der Waals surface area contributed by atoms with Gasteiger partial charge in [0.2, 0.25) is 5.78 Å². The van der Waals surface area contributed by atoms with Gasteiger partial charge in [0.1, 0.15) is 0 Å². The first-order chi connectivity index (χ1) is 4.72. The molecule has 0 saturated carbocycles. The highest BCUT2D eigenvalue weighted by Gasteiger charge is 2.25. The van der Waals surface area contributed by atoms with Gasteiger partial charge in [0.25, 0.3) is 0 Å². The van der Waals surface area contributed by atoms with E-state index in [4.69, 9.17) is 4.74 Å². The van der Waals surface area contributed by atoms with E-state index in [2.05, 4.69) is 5.32 Å². The van der Waals surface area contributed by atoms with E-state index in [9.17, 15) is 9.59 Å². The van der Waals surface area contributed by atoms with Crippen LogP contribution in [0.3, 0.4) is 0 Å². The lowest BCUT2D eigenvalue weighted by Gasteiger charge is -2.03. The van der Waals surface area contributed by atoms with E-state index in [0.717, 1.165) is 0 Å². The summed E-state index contributed by atoms with van der Waals surface area (Å²) in [6.07, 6.45) is -0.683. The molecule has 0 spiro atoms. The van der Waals surface area contributed by atoms with E-state index in [0.29, 0.717) is 13.2 Å². The normalized spacial score (nSPS) is 24.7. The van der Waals surface area contributed by atoms with Crippen LogP contribution < -0.4 is 5.32 Å². The van der Waals surface area contributed by atoms with Crippen LogP contribution in [-0.2, 0) is 14.3 Å². The highest BCUT2D eigenvalue weighted by molar-refractivity contribution is 6.37. The highest BCUT2D eigenvalue weighted by Crippen LogP contribution is 1.96. The van der Waals surface area contributed by atoms with Crippen LogP contribution in [-0.4, -0.2) is 30.9 Å². The van der Waals surface area contributed by atoms with Crippen LogP contribution in [0.4, 0.5) is 0 Å². The first-order valence-corrected chi connectivity index (χ1v) is 3.11. The second kappa shape index (κ2) is 2.90. The molecule has 0 aromatic rings. The zero-order valence-electron chi connectivity index (χ0n) is 5.72. The van der Waals surface area contributed by atoms with Gasteiger partial charge in [-0.1, -0.05) is 0 Å². The third-order valence-corrected chi connectivity index (χ3v) is 1.30.